The Labute approximate surface area is 71.3 Å². The van der Waals surface area contributed by atoms with E-state index in [9.17, 15) is 4.79 Å². The largest absolute Gasteiger partial charge is 0.390 e. The van der Waals surface area contributed by atoms with E-state index in [2.05, 4.69) is 5.32 Å². The van der Waals surface area contributed by atoms with Gasteiger partial charge in [-0.15, -0.1) is 0 Å². The quantitative estimate of drug-likeness (QED) is 0.189. The summed E-state index contributed by atoms with van der Waals surface area (Å²) in [6.45, 7) is 2.71. The molecule has 0 atom stereocenters. The lowest BCUT2D eigenvalue weighted by Crippen LogP contribution is -2.27. The Morgan fingerprint density at radius 1 is 1.58 bits per heavy atom. The molecule has 1 amide bonds. The summed E-state index contributed by atoms with van der Waals surface area (Å²) in [7, 11) is 0. The predicted octanol–water partition coefficient (Wildman–Crippen LogP) is -0.709. The van der Waals surface area contributed by atoms with Crippen LogP contribution in [0.15, 0.2) is 11.8 Å². The highest BCUT2D eigenvalue weighted by atomic mass is 16.1. The first kappa shape index (κ1) is 10.5. The summed E-state index contributed by atoms with van der Waals surface area (Å²) in [6, 6.07) is 0. The van der Waals surface area contributed by atoms with Crippen molar-refractivity contribution in [3.63, 3.8) is 0 Å². The topological polar surface area (TPSA) is 105 Å². The van der Waals surface area contributed by atoms with Crippen LogP contribution >= 0.6 is 0 Å². The zero-order valence-electron chi connectivity index (χ0n) is 7.05. The molecule has 0 saturated heterocycles. The minimum atomic E-state index is -0.689. The lowest BCUT2D eigenvalue weighted by Gasteiger charge is -2.01. The van der Waals surface area contributed by atoms with Crippen LogP contribution in [-0.4, -0.2) is 18.3 Å². The third kappa shape index (κ3) is 3.60. The van der Waals surface area contributed by atoms with Crippen molar-refractivity contribution in [2.75, 3.05) is 6.54 Å². The first-order chi connectivity index (χ1) is 5.59. The van der Waals surface area contributed by atoms with E-state index in [-0.39, 0.29) is 11.4 Å². The van der Waals surface area contributed by atoms with E-state index in [1.807, 2.05) is 6.92 Å². The molecule has 12 heavy (non-hydrogen) atoms. The van der Waals surface area contributed by atoms with Crippen LogP contribution in [0.2, 0.25) is 0 Å². The van der Waals surface area contributed by atoms with Crippen LogP contribution in [0.4, 0.5) is 0 Å². The number of amides is 1. The lowest BCUT2D eigenvalue weighted by atomic mass is 10.2. The number of hydrogen-bond donors (Lipinski definition) is 4. The molecule has 5 nitrogen and oxygen atoms in total. The normalized spacial score (nSPS) is 10.9. The van der Waals surface area contributed by atoms with Gasteiger partial charge in [-0.25, -0.2) is 0 Å². The maximum absolute atomic E-state index is 10.6. The number of carbonyl (C=O) groups is 1. The van der Waals surface area contributed by atoms with Crippen molar-refractivity contribution in [3.8, 4) is 0 Å². The van der Waals surface area contributed by atoms with Gasteiger partial charge in [0.2, 0.25) is 0 Å². The van der Waals surface area contributed by atoms with E-state index < -0.39 is 5.91 Å². The lowest BCUT2D eigenvalue weighted by molar-refractivity contribution is -0.114. The fraction of sp³-hybridized carbons (Fsp3) is 0.429. The second-order valence-electron chi connectivity index (χ2n) is 2.29. The highest BCUT2D eigenvalue weighted by Gasteiger charge is 2.06. The molecule has 0 heterocycles. The number of carbonyl (C=O) groups excluding carboxylic acids is 1. The second kappa shape index (κ2) is 5.17. The third-order valence-corrected chi connectivity index (χ3v) is 1.20. The van der Waals surface area contributed by atoms with Crippen LogP contribution in [-0.2, 0) is 4.79 Å². The van der Waals surface area contributed by atoms with Gasteiger partial charge in [0.15, 0.2) is 0 Å². The summed E-state index contributed by atoms with van der Waals surface area (Å²) in [5.41, 5.74) is 10.1. The summed E-state index contributed by atoms with van der Waals surface area (Å²) in [5.74, 6) is -1.00. The molecule has 0 unspecified atom stereocenters. The zero-order chi connectivity index (χ0) is 9.56. The Morgan fingerprint density at radius 2 is 2.17 bits per heavy atom. The third-order valence-electron chi connectivity index (χ3n) is 1.20. The number of hydrogen-bond acceptors (Lipinski definition) is 3. The predicted molar refractivity (Wildman–Crippen MR) is 47.5 cm³/mol. The van der Waals surface area contributed by atoms with E-state index in [4.69, 9.17) is 16.9 Å². The molecule has 0 aliphatic heterocycles. The van der Waals surface area contributed by atoms with Gasteiger partial charge < -0.3 is 16.8 Å². The molecule has 68 valence electrons. The molecule has 0 aliphatic rings. The Balaban J connectivity index is 4.20. The molecular formula is C7H14N4O. The number of amidine groups is 1. The van der Waals surface area contributed by atoms with Crippen molar-refractivity contribution in [2.24, 2.45) is 11.5 Å². The van der Waals surface area contributed by atoms with Gasteiger partial charge in [-0.2, -0.15) is 0 Å². The van der Waals surface area contributed by atoms with Gasteiger partial charge in [0, 0.05) is 12.7 Å². The molecule has 6 N–H and O–H groups in total. The van der Waals surface area contributed by atoms with Gasteiger partial charge in [0.25, 0.3) is 5.91 Å². The van der Waals surface area contributed by atoms with Crippen LogP contribution < -0.4 is 16.8 Å². The molecule has 0 fully saturated rings. The number of primary amides is 1. The average molecular weight is 170 g/mol. The second-order valence-corrected chi connectivity index (χ2v) is 2.29. The van der Waals surface area contributed by atoms with Crippen molar-refractivity contribution in [1.29, 1.82) is 5.41 Å². The van der Waals surface area contributed by atoms with E-state index in [0.29, 0.717) is 0 Å². The molecule has 0 aromatic carbocycles. The summed E-state index contributed by atoms with van der Waals surface area (Å²) in [4.78, 5) is 10.6. The van der Waals surface area contributed by atoms with E-state index in [1.54, 1.807) is 0 Å². The van der Waals surface area contributed by atoms with Gasteiger partial charge in [-0.05, 0) is 6.42 Å². The van der Waals surface area contributed by atoms with Crippen molar-refractivity contribution in [3.05, 3.63) is 11.8 Å². The van der Waals surface area contributed by atoms with Gasteiger partial charge in [0.1, 0.15) is 5.84 Å². The van der Waals surface area contributed by atoms with Crippen LogP contribution in [0.25, 0.3) is 0 Å². The number of nitrogens with two attached hydrogens (primary N) is 2. The van der Waals surface area contributed by atoms with Crippen LogP contribution in [0.3, 0.4) is 0 Å². The SMILES string of the molecule is CCCN/C=C(\C(=N)N)C(N)=O. The molecule has 0 spiro atoms. The smallest absolute Gasteiger partial charge is 0.253 e. The molecule has 0 aromatic rings. The molecule has 0 bridgehead atoms. The molecule has 5 heteroatoms. The number of nitrogens with one attached hydrogen (secondary N) is 2. The molecule has 0 aromatic heterocycles. The van der Waals surface area contributed by atoms with E-state index in [1.165, 1.54) is 6.20 Å². The minimum absolute atomic E-state index is 0.0171. The average Bonchev–Trinajstić information content (AvgIpc) is 1.96. The van der Waals surface area contributed by atoms with E-state index >= 15 is 0 Å². The zero-order valence-corrected chi connectivity index (χ0v) is 7.05. The Hall–Kier alpha value is -1.52. The maximum atomic E-state index is 10.6. The van der Waals surface area contributed by atoms with Crippen molar-refractivity contribution in [1.82, 2.24) is 5.32 Å². The fourth-order valence-electron chi connectivity index (χ4n) is 0.600. The Bertz CT molecular complexity index is 193. The standard InChI is InChI=1S/C7H14N4O/c1-2-3-11-4-5(6(8)9)7(10)12/h4,11H,2-3H2,1H3,(H3,8,9)(H2,10,12)/b5-4+. The summed E-state index contributed by atoms with van der Waals surface area (Å²) in [5, 5.41) is 9.80. The Kier molecular flexibility index (Phi) is 4.52. The van der Waals surface area contributed by atoms with Gasteiger partial charge in [-0.3, -0.25) is 10.2 Å². The van der Waals surface area contributed by atoms with Crippen LogP contribution in [0, 0.1) is 5.41 Å². The molecule has 0 aliphatic carbocycles. The first-order valence-electron chi connectivity index (χ1n) is 3.67. The van der Waals surface area contributed by atoms with Gasteiger partial charge >= 0.3 is 0 Å². The van der Waals surface area contributed by atoms with Crippen molar-refractivity contribution < 1.29 is 4.79 Å². The molecule has 0 rings (SSSR count). The molecule has 0 saturated carbocycles. The summed E-state index contributed by atoms with van der Waals surface area (Å²) in [6.07, 6.45) is 2.30. The minimum Gasteiger partial charge on any atom is -0.390 e. The summed E-state index contributed by atoms with van der Waals surface area (Å²) >= 11 is 0. The van der Waals surface area contributed by atoms with Crippen LogP contribution in [0.5, 0.6) is 0 Å². The molecule has 0 radical (unpaired) electrons. The maximum Gasteiger partial charge on any atom is 0.253 e. The van der Waals surface area contributed by atoms with E-state index in [0.717, 1.165) is 13.0 Å². The summed E-state index contributed by atoms with van der Waals surface area (Å²) < 4.78 is 0. The molecular weight excluding hydrogens is 156 g/mol. The Morgan fingerprint density at radius 3 is 2.50 bits per heavy atom. The van der Waals surface area contributed by atoms with Gasteiger partial charge in [-0.1, -0.05) is 6.92 Å². The monoisotopic (exact) mass is 170 g/mol. The van der Waals surface area contributed by atoms with Gasteiger partial charge in [0.05, 0.1) is 5.57 Å². The highest BCUT2D eigenvalue weighted by Crippen LogP contribution is 1.88. The first-order valence-corrected chi connectivity index (χ1v) is 3.67. The van der Waals surface area contributed by atoms with Crippen molar-refractivity contribution in [2.45, 2.75) is 13.3 Å². The fourth-order valence-corrected chi connectivity index (χ4v) is 0.600. The highest BCUT2D eigenvalue weighted by molar-refractivity contribution is 6.18. The van der Waals surface area contributed by atoms with Crippen molar-refractivity contribution >= 4 is 11.7 Å². The number of rotatable bonds is 5. The van der Waals surface area contributed by atoms with Crippen LogP contribution in [0.1, 0.15) is 13.3 Å².